The number of aliphatic carboxylic acids is 1. The van der Waals surface area contributed by atoms with Crippen LogP contribution in [0.25, 0.3) is 0 Å². The van der Waals surface area contributed by atoms with Gasteiger partial charge in [0.05, 0.1) is 37.1 Å². The van der Waals surface area contributed by atoms with Crippen LogP contribution in [0.1, 0.15) is 27.2 Å². The molecule has 1 aliphatic heterocycles. The van der Waals surface area contributed by atoms with E-state index in [1.165, 1.54) is 31.8 Å². The summed E-state index contributed by atoms with van der Waals surface area (Å²) in [5.41, 5.74) is 5.88. The van der Waals surface area contributed by atoms with Crippen molar-refractivity contribution >= 4 is 34.9 Å². The van der Waals surface area contributed by atoms with Crippen molar-refractivity contribution in [3.63, 3.8) is 0 Å². The highest BCUT2D eigenvalue weighted by Crippen LogP contribution is 2.29. The number of aromatic nitrogens is 1. The number of carbonyl (C=O) groups is 4. The van der Waals surface area contributed by atoms with Crippen LogP contribution in [0.15, 0.2) is 36.5 Å². The molecule has 1 aromatic heterocycles. The summed E-state index contributed by atoms with van der Waals surface area (Å²) in [6.07, 6.45) is 1.82. The minimum atomic E-state index is -1.13. The Bertz CT molecular complexity index is 1090. The Morgan fingerprint density at radius 2 is 1.76 bits per heavy atom. The number of hydrogen-bond acceptors (Lipinski definition) is 10. The molecule has 0 unspecified atom stereocenters. The summed E-state index contributed by atoms with van der Waals surface area (Å²) in [4.78, 5) is 51.3. The Balaban J connectivity index is 0.000000281. The van der Waals surface area contributed by atoms with Crippen molar-refractivity contribution in [2.24, 2.45) is 5.73 Å². The van der Waals surface area contributed by atoms with Gasteiger partial charge in [-0.15, -0.1) is 11.3 Å². The van der Waals surface area contributed by atoms with Crippen LogP contribution in [0.5, 0.6) is 0 Å². The number of methoxy groups -OCH3 is 2. The first-order chi connectivity index (χ1) is 18.0. The summed E-state index contributed by atoms with van der Waals surface area (Å²) in [5.74, 6) is -2.11. The van der Waals surface area contributed by atoms with Gasteiger partial charge in [-0.2, -0.15) is 0 Å². The number of nitrogens with one attached hydrogen (secondary N) is 2. The number of benzene rings is 1. The van der Waals surface area contributed by atoms with Crippen LogP contribution in [0.2, 0.25) is 0 Å². The van der Waals surface area contributed by atoms with Crippen LogP contribution in [-0.2, 0) is 35.0 Å². The number of hydrogen-bond donors (Lipinski definition) is 4. The number of nitrogens with zero attached hydrogens (tertiary/aromatic N) is 1. The molecule has 4 atom stereocenters. The Kier molecular flexibility index (Phi) is 11.9. The Morgan fingerprint density at radius 3 is 2.26 bits per heavy atom. The third kappa shape index (κ3) is 9.58. The first-order valence-corrected chi connectivity index (χ1v) is 12.5. The zero-order valence-electron chi connectivity index (χ0n) is 21.8. The molecule has 5 N–H and O–H groups in total. The number of rotatable bonds is 13. The lowest BCUT2D eigenvalue weighted by atomic mass is 9.94. The molecular formula is C25H34N4O8S. The van der Waals surface area contributed by atoms with Gasteiger partial charge in [-0.05, 0) is 25.8 Å². The molecule has 2 aromatic rings. The second kappa shape index (κ2) is 14.6. The summed E-state index contributed by atoms with van der Waals surface area (Å²) < 4.78 is 14.8. The van der Waals surface area contributed by atoms with Gasteiger partial charge in [0.25, 0.3) is 5.91 Å². The number of nitrogens with two attached hydrogens (primary N) is 1. The minimum absolute atomic E-state index is 0.0706. The molecule has 0 saturated carbocycles. The number of carboxylic acid groups (broad SMARTS) is 1. The molecule has 13 heteroatoms. The maximum Gasteiger partial charge on any atom is 0.328 e. The van der Waals surface area contributed by atoms with E-state index in [-0.39, 0.29) is 19.0 Å². The van der Waals surface area contributed by atoms with Gasteiger partial charge in [0, 0.05) is 14.2 Å². The highest BCUT2D eigenvalue weighted by Gasteiger charge is 2.50. The zero-order chi connectivity index (χ0) is 28.3. The Labute approximate surface area is 224 Å². The van der Waals surface area contributed by atoms with Gasteiger partial charge < -0.3 is 35.7 Å². The molecule has 1 aromatic carbocycles. The lowest BCUT2D eigenvalue weighted by Crippen LogP contribution is -2.53. The maximum absolute atomic E-state index is 12.5. The summed E-state index contributed by atoms with van der Waals surface area (Å²) >= 11 is 1.21. The average molecular weight is 551 g/mol. The van der Waals surface area contributed by atoms with Gasteiger partial charge in [-0.1, -0.05) is 30.3 Å². The number of carbonyl (C=O) groups excluding carboxylic acids is 3. The van der Waals surface area contributed by atoms with Crippen molar-refractivity contribution in [2.75, 3.05) is 34.0 Å². The SMILES string of the molecule is COC[C@H](N)C(=O)N[C@@H](Cc1ccccc1)C(=O)[C@@]1(C)CO1.COC[C@H](NC(=O)c1cnc(C)s1)C(=O)O. The van der Waals surface area contributed by atoms with Crippen molar-refractivity contribution in [3.8, 4) is 0 Å². The van der Waals surface area contributed by atoms with Gasteiger partial charge in [-0.25, -0.2) is 9.78 Å². The molecule has 1 aliphatic rings. The molecule has 12 nitrogen and oxygen atoms in total. The average Bonchev–Trinajstić information content (AvgIpc) is 3.49. The van der Waals surface area contributed by atoms with E-state index < -0.39 is 41.5 Å². The van der Waals surface area contributed by atoms with Crippen LogP contribution >= 0.6 is 11.3 Å². The molecule has 2 amide bonds. The largest absolute Gasteiger partial charge is 0.480 e. The van der Waals surface area contributed by atoms with Gasteiger partial charge in [0.15, 0.2) is 11.8 Å². The number of Topliss-reactive ketones (excluding diaryl/α,β-unsaturated/α-hetero) is 1. The second-order valence-corrected chi connectivity index (χ2v) is 9.99. The fourth-order valence-electron chi connectivity index (χ4n) is 3.25. The van der Waals surface area contributed by atoms with Crippen LogP contribution < -0.4 is 16.4 Å². The monoisotopic (exact) mass is 550 g/mol. The van der Waals surface area contributed by atoms with Crippen molar-refractivity contribution in [1.29, 1.82) is 0 Å². The van der Waals surface area contributed by atoms with Crippen LogP contribution in [-0.4, -0.2) is 91.4 Å². The molecule has 208 valence electrons. The highest BCUT2D eigenvalue weighted by molar-refractivity contribution is 7.13. The van der Waals surface area contributed by atoms with Crippen LogP contribution in [0.4, 0.5) is 0 Å². The molecule has 2 heterocycles. The normalized spacial score (nSPS) is 18.2. The smallest absolute Gasteiger partial charge is 0.328 e. The van der Waals surface area contributed by atoms with E-state index in [0.29, 0.717) is 17.9 Å². The number of thiazole rings is 1. The molecule has 3 rings (SSSR count). The van der Waals surface area contributed by atoms with Gasteiger partial charge in [-0.3, -0.25) is 14.4 Å². The molecule has 0 spiro atoms. The fourth-order valence-corrected chi connectivity index (χ4v) is 3.93. The first-order valence-electron chi connectivity index (χ1n) is 11.7. The van der Waals surface area contributed by atoms with E-state index >= 15 is 0 Å². The quantitative estimate of drug-likeness (QED) is 0.254. The van der Waals surface area contributed by atoms with E-state index in [9.17, 15) is 19.2 Å². The third-order valence-electron chi connectivity index (χ3n) is 5.48. The van der Waals surface area contributed by atoms with Crippen molar-refractivity contribution in [2.45, 2.75) is 44.0 Å². The number of epoxide rings is 1. The lowest BCUT2D eigenvalue weighted by molar-refractivity contribution is -0.140. The lowest BCUT2D eigenvalue weighted by Gasteiger charge is -2.21. The summed E-state index contributed by atoms with van der Waals surface area (Å²) in [7, 11) is 2.85. The van der Waals surface area contributed by atoms with Crippen LogP contribution in [0, 0.1) is 6.92 Å². The summed E-state index contributed by atoms with van der Waals surface area (Å²) in [5, 5.41) is 14.6. The molecule has 0 bridgehead atoms. The molecule has 1 saturated heterocycles. The molecule has 1 fully saturated rings. The van der Waals surface area contributed by atoms with E-state index in [2.05, 4.69) is 15.6 Å². The molecule has 0 radical (unpaired) electrons. The number of aryl methyl sites for hydroxylation is 1. The standard InChI is InChI=1S/C16H22N2O4.C9H12N2O4S/c1-16(10-22-16)14(19)13(8-11-6-4-3-5-7-11)18-15(20)12(17)9-21-2;1-5-10-3-7(16-5)8(12)11-6(4-15-2)9(13)14/h3-7,12-13H,8-10,17H2,1-2H3,(H,18,20);3,6H,4H2,1-2H3,(H,11,12)(H,13,14)/t12-,13-,16+;6-/m00/s1. The third-order valence-corrected chi connectivity index (χ3v) is 6.39. The minimum Gasteiger partial charge on any atom is -0.480 e. The van der Waals surface area contributed by atoms with E-state index in [1.807, 2.05) is 30.3 Å². The van der Waals surface area contributed by atoms with Gasteiger partial charge in [0.1, 0.15) is 16.5 Å². The number of ether oxygens (including phenoxy) is 3. The zero-order valence-corrected chi connectivity index (χ0v) is 22.6. The molecular weight excluding hydrogens is 516 g/mol. The highest BCUT2D eigenvalue weighted by atomic mass is 32.1. The second-order valence-electron chi connectivity index (χ2n) is 8.76. The van der Waals surface area contributed by atoms with Gasteiger partial charge >= 0.3 is 5.97 Å². The van der Waals surface area contributed by atoms with E-state index in [4.69, 9.17) is 25.1 Å². The molecule has 0 aliphatic carbocycles. The Hall–Kier alpha value is -3.23. The van der Waals surface area contributed by atoms with Gasteiger partial charge in [0.2, 0.25) is 5.91 Å². The van der Waals surface area contributed by atoms with E-state index in [0.717, 1.165) is 10.6 Å². The first kappa shape index (κ1) is 31.0. The summed E-state index contributed by atoms with van der Waals surface area (Å²) in [6.45, 7) is 3.92. The predicted octanol–water partition coefficient (Wildman–Crippen LogP) is 0.327. The topological polar surface area (TPSA) is 182 Å². The van der Waals surface area contributed by atoms with Crippen molar-refractivity contribution in [3.05, 3.63) is 52.0 Å². The fraction of sp³-hybridized carbons (Fsp3) is 0.480. The number of ketones is 1. The number of amides is 2. The van der Waals surface area contributed by atoms with Crippen molar-refractivity contribution < 1.29 is 38.5 Å². The Morgan fingerprint density at radius 1 is 1.13 bits per heavy atom. The summed E-state index contributed by atoms with van der Waals surface area (Å²) in [6, 6.07) is 7.01. The number of carboxylic acids is 1. The van der Waals surface area contributed by atoms with E-state index in [1.54, 1.807) is 13.8 Å². The van der Waals surface area contributed by atoms with Crippen molar-refractivity contribution in [1.82, 2.24) is 15.6 Å². The predicted molar refractivity (Wildman–Crippen MR) is 139 cm³/mol. The van der Waals surface area contributed by atoms with Crippen LogP contribution in [0.3, 0.4) is 0 Å². The molecule has 38 heavy (non-hydrogen) atoms. The maximum atomic E-state index is 12.5.